The van der Waals surface area contributed by atoms with Crippen molar-refractivity contribution in [2.24, 2.45) is 0 Å². The van der Waals surface area contributed by atoms with E-state index in [4.69, 9.17) is 9.47 Å². The van der Waals surface area contributed by atoms with Crippen LogP contribution in [0.5, 0.6) is 5.75 Å². The summed E-state index contributed by atoms with van der Waals surface area (Å²) < 4.78 is 50.9. The molecule has 0 aromatic heterocycles. The fraction of sp³-hybridized carbons (Fsp3) is 0.364. The Balaban J connectivity index is 1.07. The number of ether oxygens (including phenoxy) is 2. The molecule has 8 nitrogen and oxygen atoms in total. The number of nitrogens with one attached hydrogen (secondary N) is 2. The lowest BCUT2D eigenvalue weighted by Gasteiger charge is -2.42. The summed E-state index contributed by atoms with van der Waals surface area (Å²) in [5.41, 5.74) is 2.27. The number of amides is 3. The maximum Gasteiger partial charge on any atom is 0.416 e. The second-order valence-electron chi connectivity index (χ2n) is 11.6. The van der Waals surface area contributed by atoms with Crippen LogP contribution in [0.15, 0.2) is 66.7 Å². The number of anilines is 1. The minimum atomic E-state index is -4.50. The molecule has 6 rings (SSSR count). The SMILES string of the molecule is CN1C(=O)c2cc(NC(=O)c3ccc(C(F)(F)F)cc3)ccc2OC[C@H]2O[C@@H](CC(=O)NC3Cc4ccccc4C3)CC[C@H]21. The molecule has 230 valence electrons. The Morgan fingerprint density at radius 2 is 1.68 bits per heavy atom. The van der Waals surface area contributed by atoms with Crippen LogP contribution in [-0.2, 0) is 28.5 Å². The standard InChI is InChI=1S/C33H32F3N3O5/c1-39-27-12-11-25(17-30(40)37-24-14-20-4-2-3-5-21(20)15-24)44-29(27)18-43-28-13-10-23(16-26(28)32(39)42)38-31(41)19-6-8-22(9-7-19)33(34,35)36/h2-10,13,16,24-25,27,29H,11-12,14-15,17-18H2,1H3,(H,37,40)(H,38,41)/t25-,27-,29-/m1/s1. The van der Waals surface area contributed by atoms with E-state index in [9.17, 15) is 27.6 Å². The zero-order valence-electron chi connectivity index (χ0n) is 24.0. The van der Waals surface area contributed by atoms with Gasteiger partial charge in [0.1, 0.15) is 18.5 Å². The van der Waals surface area contributed by atoms with Crippen molar-refractivity contribution in [2.75, 3.05) is 19.0 Å². The Morgan fingerprint density at radius 1 is 0.977 bits per heavy atom. The van der Waals surface area contributed by atoms with Gasteiger partial charge < -0.3 is 25.0 Å². The van der Waals surface area contributed by atoms with E-state index in [1.165, 1.54) is 17.2 Å². The normalized spacial score (nSPS) is 21.7. The molecule has 3 aromatic carbocycles. The van der Waals surface area contributed by atoms with Gasteiger partial charge >= 0.3 is 6.18 Å². The zero-order valence-corrected chi connectivity index (χ0v) is 24.0. The van der Waals surface area contributed by atoms with E-state index < -0.39 is 23.8 Å². The molecule has 3 amide bonds. The van der Waals surface area contributed by atoms with Crippen LogP contribution in [0, 0.1) is 0 Å². The number of likely N-dealkylation sites (N-methyl/N-ethyl adjacent to an activating group) is 1. The highest BCUT2D eigenvalue weighted by molar-refractivity contribution is 6.05. The zero-order chi connectivity index (χ0) is 31.0. The largest absolute Gasteiger partial charge is 0.490 e. The van der Waals surface area contributed by atoms with Gasteiger partial charge in [-0.25, -0.2) is 0 Å². The van der Waals surface area contributed by atoms with Gasteiger partial charge in [0.25, 0.3) is 11.8 Å². The molecule has 1 saturated heterocycles. The molecule has 2 N–H and O–H groups in total. The molecule has 11 heteroatoms. The van der Waals surface area contributed by atoms with Crippen LogP contribution in [-0.4, -0.2) is 60.6 Å². The van der Waals surface area contributed by atoms with Gasteiger partial charge in [0.2, 0.25) is 5.91 Å². The van der Waals surface area contributed by atoms with Crippen LogP contribution in [0.3, 0.4) is 0 Å². The van der Waals surface area contributed by atoms with Crippen LogP contribution in [0.25, 0.3) is 0 Å². The highest BCUT2D eigenvalue weighted by atomic mass is 19.4. The number of halogens is 3. The smallest absolute Gasteiger partial charge is 0.416 e. The monoisotopic (exact) mass is 607 g/mol. The third-order valence-electron chi connectivity index (χ3n) is 8.57. The lowest BCUT2D eigenvalue weighted by Crippen LogP contribution is -2.54. The summed E-state index contributed by atoms with van der Waals surface area (Å²) in [4.78, 5) is 40.7. The van der Waals surface area contributed by atoms with Crippen molar-refractivity contribution in [3.63, 3.8) is 0 Å². The minimum absolute atomic E-state index is 0.0446. The molecule has 3 aliphatic rings. The van der Waals surface area contributed by atoms with Crippen LogP contribution in [0.1, 0.15) is 56.7 Å². The van der Waals surface area contributed by atoms with Crippen molar-refractivity contribution >= 4 is 23.4 Å². The van der Waals surface area contributed by atoms with E-state index in [-0.39, 0.29) is 54.2 Å². The summed E-state index contributed by atoms with van der Waals surface area (Å²) in [6.45, 7) is 0.169. The van der Waals surface area contributed by atoms with Crippen LogP contribution in [0.4, 0.5) is 18.9 Å². The molecule has 2 heterocycles. The average Bonchev–Trinajstić information content (AvgIpc) is 3.41. The van der Waals surface area contributed by atoms with Gasteiger partial charge in [0.05, 0.1) is 29.7 Å². The Morgan fingerprint density at radius 3 is 2.36 bits per heavy atom. The number of nitrogens with zero attached hydrogens (tertiary/aromatic N) is 1. The Hall–Kier alpha value is -4.38. The van der Waals surface area contributed by atoms with E-state index in [0.717, 1.165) is 37.1 Å². The Kier molecular flexibility index (Phi) is 8.06. The first kappa shape index (κ1) is 29.7. The van der Waals surface area contributed by atoms with E-state index >= 15 is 0 Å². The van der Waals surface area contributed by atoms with Crippen molar-refractivity contribution in [3.8, 4) is 5.75 Å². The molecule has 0 unspecified atom stereocenters. The first-order valence-electron chi connectivity index (χ1n) is 14.6. The van der Waals surface area contributed by atoms with Crippen LogP contribution < -0.4 is 15.4 Å². The van der Waals surface area contributed by atoms with Gasteiger partial charge in [0, 0.05) is 24.3 Å². The van der Waals surface area contributed by atoms with Crippen molar-refractivity contribution in [2.45, 2.75) is 62.6 Å². The average molecular weight is 608 g/mol. The van der Waals surface area contributed by atoms with Crippen molar-refractivity contribution in [3.05, 3.63) is 94.5 Å². The third kappa shape index (κ3) is 6.28. The fourth-order valence-corrected chi connectivity index (χ4v) is 6.27. The summed E-state index contributed by atoms with van der Waals surface area (Å²) >= 11 is 0. The molecule has 3 aromatic rings. The lowest BCUT2D eigenvalue weighted by molar-refractivity contribution is -0.137. The molecule has 1 aliphatic carbocycles. The molecule has 0 bridgehead atoms. The number of carbonyl (C=O) groups excluding carboxylic acids is 3. The van der Waals surface area contributed by atoms with Gasteiger partial charge in [0.15, 0.2) is 0 Å². The molecule has 3 atom stereocenters. The van der Waals surface area contributed by atoms with E-state index in [1.54, 1.807) is 24.1 Å². The fourth-order valence-electron chi connectivity index (χ4n) is 6.27. The number of benzene rings is 3. The van der Waals surface area contributed by atoms with E-state index in [1.807, 2.05) is 12.1 Å². The third-order valence-corrected chi connectivity index (χ3v) is 8.57. The highest BCUT2D eigenvalue weighted by Gasteiger charge is 2.39. The molecule has 0 saturated carbocycles. The number of fused-ring (bicyclic) bond motifs is 3. The maximum absolute atomic E-state index is 13.5. The van der Waals surface area contributed by atoms with Crippen molar-refractivity contribution in [1.82, 2.24) is 10.2 Å². The molecule has 44 heavy (non-hydrogen) atoms. The first-order chi connectivity index (χ1) is 21.0. The molecule has 0 radical (unpaired) electrons. The Labute approximate surface area is 252 Å². The quantitative estimate of drug-likeness (QED) is 0.425. The number of hydrogen-bond acceptors (Lipinski definition) is 5. The molecule has 1 fully saturated rings. The molecular formula is C33H32F3N3O5. The molecular weight excluding hydrogens is 575 g/mol. The predicted octanol–water partition coefficient (Wildman–Crippen LogP) is 5.01. The minimum Gasteiger partial charge on any atom is -0.490 e. The summed E-state index contributed by atoms with van der Waals surface area (Å²) in [5.74, 6) is -0.670. The van der Waals surface area contributed by atoms with Crippen LogP contribution in [0.2, 0.25) is 0 Å². The Bertz CT molecular complexity index is 1550. The van der Waals surface area contributed by atoms with Crippen molar-refractivity contribution < 1.29 is 37.0 Å². The van der Waals surface area contributed by atoms with E-state index in [0.29, 0.717) is 24.3 Å². The predicted molar refractivity (Wildman–Crippen MR) is 156 cm³/mol. The van der Waals surface area contributed by atoms with Gasteiger partial charge in [-0.2, -0.15) is 13.2 Å². The lowest BCUT2D eigenvalue weighted by atomic mass is 9.94. The molecule has 2 aliphatic heterocycles. The second kappa shape index (κ2) is 12.0. The topological polar surface area (TPSA) is 97.0 Å². The van der Waals surface area contributed by atoms with Crippen LogP contribution >= 0.6 is 0 Å². The first-order valence-corrected chi connectivity index (χ1v) is 14.6. The number of carbonyl (C=O) groups is 3. The van der Waals surface area contributed by atoms with Crippen molar-refractivity contribution in [1.29, 1.82) is 0 Å². The summed E-state index contributed by atoms with van der Waals surface area (Å²) in [7, 11) is 1.69. The summed E-state index contributed by atoms with van der Waals surface area (Å²) in [5, 5.41) is 5.78. The van der Waals surface area contributed by atoms with Gasteiger partial charge in [-0.05, 0) is 79.3 Å². The summed E-state index contributed by atoms with van der Waals surface area (Å²) in [6.07, 6.45) is -2.13. The molecule has 0 spiro atoms. The highest BCUT2D eigenvalue weighted by Crippen LogP contribution is 2.33. The number of alkyl halides is 3. The number of hydrogen-bond donors (Lipinski definition) is 2. The van der Waals surface area contributed by atoms with Gasteiger partial charge in [-0.3, -0.25) is 14.4 Å². The number of rotatable bonds is 5. The van der Waals surface area contributed by atoms with E-state index in [2.05, 4.69) is 22.8 Å². The second-order valence-corrected chi connectivity index (χ2v) is 11.6. The van der Waals surface area contributed by atoms with Gasteiger partial charge in [-0.15, -0.1) is 0 Å². The van der Waals surface area contributed by atoms with Gasteiger partial charge in [-0.1, -0.05) is 24.3 Å². The maximum atomic E-state index is 13.5. The summed E-state index contributed by atoms with van der Waals surface area (Å²) in [6, 6.07) is 16.5.